The number of nitrogens with two attached hydrogens (primary N) is 1. The van der Waals surface area contributed by atoms with E-state index in [-0.39, 0.29) is 6.61 Å². The fraction of sp³-hybridized carbons (Fsp3) is 0.250. The number of ether oxygens (including phenoxy) is 2. The van der Waals surface area contributed by atoms with Gasteiger partial charge in [0.15, 0.2) is 18.1 Å². The molecule has 0 aromatic heterocycles. The number of halogens is 1. The highest BCUT2D eigenvalue weighted by Gasteiger charge is 2.10. The number of urea groups is 1. The molecular formula is C12H13BrN4O3. The van der Waals surface area contributed by atoms with Crippen LogP contribution in [0.2, 0.25) is 0 Å². The number of carbonyl (C=O) groups excluding carboxylic acids is 1. The zero-order chi connectivity index (χ0) is 15.0. The maximum atomic E-state index is 10.5. The van der Waals surface area contributed by atoms with Crippen molar-refractivity contribution in [2.45, 2.75) is 6.92 Å². The summed E-state index contributed by atoms with van der Waals surface area (Å²) in [6.07, 6.45) is 1.41. The monoisotopic (exact) mass is 340 g/mol. The molecule has 0 atom stereocenters. The summed E-state index contributed by atoms with van der Waals surface area (Å²) in [6.45, 7) is 2.20. The molecule has 1 rings (SSSR count). The molecule has 0 radical (unpaired) electrons. The molecule has 0 saturated heterocycles. The van der Waals surface area contributed by atoms with Gasteiger partial charge < -0.3 is 15.2 Å². The zero-order valence-electron chi connectivity index (χ0n) is 10.7. The number of nitrogens with zero attached hydrogens (tertiary/aromatic N) is 2. The molecular weight excluding hydrogens is 328 g/mol. The predicted molar refractivity (Wildman–Crippen MR) is 76.7 cm³/mol. The van der Waals surface area contributed by atoms with Gasteiger partial charge in [0.05, 0.1) is 12.8 Å². The zero-order valence-corrected chi connectivity index (χ0v) is 12.3. The topological polar surface area (TPSA) is 110 Å². The Bertz CT molecular complexity index is 554. The molecule has 0 bridgehead atoms. The standard InChI is InChI=1S/C12H13BrN4O3/c1-2-19-10-5-8(7-16-17-12(15)18)9(13)6-11(10)20-4-3-14/h5-7H,2,4H2,1H3,(H3,15,17,18). The van der Waals surface area contributed by atoms with Gasteiger partial charge in [-0.3, -0.25) is 0 Å². The van der Waals surface area contributed by atoms with E-state index in [9.17, 15) is 4.79 Å². The first-order valence-electron chi connectivity index (χ1n) is 5.63. The van der Waals surface area contributed by atoms with Crippen molar-refractivity contribution in [3.63, 3.8) is 0 Å². The van der Waals surface area contributed by atoms with Crippen LogP contribution in [0.5, 0.6) is 11.5 Å². The molecule has 106 valence electrons. The average Bonchev–Trinajstić information content (AvgIpc) is 2.40. The van der Waals surface area contributed by atoms with E-state index in [2.05, 4.69) is 26.5 Å². The van der Waals surface area contributed by atoms with Crippen molar-refractivity contribution >= 4 is 28.2 Å². The molecule has 0 aliphatic rings. The summed E-state index contributed by atoms with van der Waals surface area (Å²) >= 11 is 3.34. The first-order chi connectivity index (χ1) is 9.58. The summed E-state index contributed by atoms with van der Waals surface area (Å²) in [4.78, 5) is 10.5. The lowest BCUT2D eigenvalue weighted by Gasteiger charge is -2.12. The fourth-order valence-electron chi connectivity index (χ4n) is 1.31. The Balaban J connectivity index is 3.02. The van der Waals surface area contributed by atoms with Crippen molar-refractivity contribution in [1.29, 1.82) is 5.26 Å². The summed E-state index contributed by atoms with van der Waals surface area (Å²) in [5.41, 5.74) is 7.65. The number of primary amides is 1. The predicted octanol–water partition coefficient (Wildman–Crippen LogP) is 1.75. The molecule has 3 N–H and O–H groups in total. The first-order valence-corrected chi connectivity index (χ1v) is 6.42. The van der Waals surface area contributed by atoms with E-state index in [4.69, 9.17) is 20.5 Å². The number of hydrogen-bond acceptors (Lipinski definition) is 5. The molecule has 0 saturated carbocycles. The fourth-order valence-corrected chi connectivity index (χ4v) is 1.73. The Hall–Kier alpha value is -2.27. The summed E-state index contributed by atoms with van der Waals surface area (Å²) in [6, 6.07) is 4.47. The van der Waals surface area contributed by atoms with Gasteiger partial charge in [-0.2, -0.15) is 10.4 Å². The van der Waals surface area contributed by atoms with E-state index in [1.165, 1.54) is 6.21 Å². The third-order valence-electron chi connectivity index (χ3n) is 2.03. The van der Waals surface area contributed by atoms with Crippen LogP contribution in [-0.2, 0) is 0 Å². The molecule has 1 aromatic carbocycles. The van der Waals surface area contributed by atoms with Crippen LogP contribution >= 0.6 is 15.9 Å². The number of nitrogens with one attached hydrogen (secondary N) is 1. The minimum absolute atomic E-state index is 0.0802. The van der Waals surface area contributed by atoms with Crippen molar-refractivity contribution < 1.29 is 14.3 Å². The molecule has 20 heavy (non-hydrogen) atoms. The van der Waals surface area contributed by atoms with Crippen molar-refractivity contribution in [2.75, 3.05) is 13.2 Å². The molecule has 0 unspecified atom stereocenters. The second-order valence-electron chi connectivity index (χ2n) is 3.43. The molecule has 8 heteroatoms. The van der Waals surface area contributed by atoms with Gasteiger partial charge in [0, 0.05) is 10.0 Å². The molecule has 1 aromatic rings. The second-order valence-corrected chi connectivity index (χ2v) is 4.29. The van der Waals surface area contributed by atoms with Gasteiger partial charge in [-0.15, -0.1) is 0 Å². The normalized spacial score (nSPS) is 10.1. The molecule has 0 aliphatic heterocycles. The third kappa shape index (κ3) is 4.78. The lowest BCUT2D eigenvalue weighted by atomic mass is 10.2. The summed E-state index contributed by atoms with van der Waals surface area (Å²) in [5.74, 6) is 0.923. The number of nitriles is 1. The molecule has 0 fully saturated rings. The van der Waals surface area contributed by atoms with E-state index in [0.29, 0.717) is 28.1 Å². The van der Waals surface area contributed by atoms with Crippen molar-refractivity contribution in [2.24, 2.45) is 10.8 Å². The van der Waals surface area contributed by atoms with Crippen molar-refractivity contribution in [3.05, 3.63) is 22.2 Å². The van der Waals surface area contributed by atoms with Crippen LogP contribution in [0.3, 0.4) is 0 Å². The van der Waals surface area contributed by atoms with Crippen LogP contribution in [-0.4, -0.2) is 25.5 Å². The maximum Gasteiger partial charge on any atom is 0.332 e. The summed E-state index contributed by atoms with van der Waals surface area (Å²) in [7, 11) is 0. The number of rotatable bonds is 6. The van der Waals surface area contributed by atoms with E-state index in [1.807, 2.05) is 13.0 Å². The number of hydrogen-bond donors (Lipinski definition) is 2. The third-order valence-corrected chi connectivity index (χ3v) is 2.72. The molecule has 2 amide bonds. The highest BCUT2D eigenvalue weighted by Crippen LogP contribution is 2.33. The van der Waals surface area contributed by atoms with Gasteiger partial charge in [-0.1, -0.05) is 0 Å². The van der Waals surface area contributed by atoms with Crippen LogP contribution in [0.1, 0.15) is 12.5 Å². The van der Waals surface area contributed by atoms with Gasteiger partial charge in [-0.05, 0) is 35.0 Å². The number of carbonyl (C=O) groups is 1. The minimum atomic E-state index is -0.753. The largest absolute Gasteiger partial charge is 0.490 e. The van der Waals surface area contributed by atoms with Crippen LogP contribution in [0.25, 0.3) is 0 Å². The van der Waals surface area contributed by atoms with Crippen molar-refractivity contribution in [1.82, 2.24) is 5.43 Å². The van der Waals surface area contributed by atoms with Crippen LogP contribution in [0.4, 0.5) is 4.79 Å². The highest BCUT2D eigenvalue weighted by molar-refractivity contribution is 9.10. The maximum absolute atomic E-state index is 10.5. The highest BCUT2D eigenvalue weighted by atomic mass is 79.9. The van der Waals surface area contributed by atoms with Gasteiger partial charge in [0.25, 0.3) is 0 Å². The van der Waals surface area contributed by atoms with E-state index >= 15 is 0 Å². The van der Waals surface area contributed by atoms with Gasteiger partial charge in [0.2, 0.25) is 0 Å². The van der Waals surface area contributed by atoms with Gasteiger partial charge >= 0.3 is 6.03 Å². The van der Waals surface area contributed by atoms with E-state index < -0.39 is 6.03 Å². The van der Waals surface area contributed by atoms with E-state index in [1.54, 1.807) is 12.1 Å². The first kappa shape index (κ1) is 15.8. The van der Waals surface area contributed by atoms with Crippen LogP contribution < -0.4 is 20.6 Å². The quantitative estimate of drug-likeness (QED) is 0.607. The minimum Gasteiger partial charge on any atom is -0.490 e. The lowest BCUT2D eigenvalue weighted by Crippen LogP contribution is -2.24. The average molecular weight is 341 g/mol. The number of benzene rings is 1. The molecule has 0 heterocycles. The smallest absolute Gasteiger partial charge is 0.332 e. The van der Waals surface area contributed by atoms with E-state index in [0.717, 1.165) is 0 Å². The molecule has 0 aliphatic carbocycles. The van der Waals surface area contributed by atoms with Crippen LogP contribution in [0.15, 0.2) is 21.7 Å². The Morgan fingerprint density at radius 2 is 2.25 bits per heavy atom. The Morgan fingerprint density at radius 1 is 1.55 bits per heavy atom. The number of amides is 2. The lowest BCUT2D eigenvalue weighted by molar-refractivity contribution is 0.249. The molecule has 7 nitrogen and oxygen atoms in total. The SMILES string of the molecule is CCOc1cc(C=NNC(N)=O)c(Br)cc1OCC#N. The summed E-state index contributed by atoms with van der Waals surface area (Å²) in [5, 5.41) is 12.2. The van der Waals surface area contributed by atoms with Crippen molar-refractivity contribution in [3.8, 4) is 17.6 Å². The summed E-state index contributed by atoms with van der Waals surface area (Å²) < 4.78 is 11.4. The Labute approximate surface area is 124 Å². The number of hydrazone groups is 1. The molecule has 0 spiro atoms. The Kier molecular flexibility index (Phi) is 6.32. The van der Waals surface area contributed by atoms with Gasteiger partial charge in [0.1, 0.15) is 6.07 Å². The van der Waals surface area contributed by atoms with Crippen LogP contribution in [0, 0.1) is 11.3 Å². The Morgan fingerprint density at radius 3 is 2.85 bits per heavy atom. The van der Waals surface area contributed by atoms with Gasteiger partial charge in [-0.25, -0.2) is 10.2 Å². The second kappa shape index (κ2) is 8.01.